The molecule has 0 aromatic carbocycles. The maximum atomic E-state index is 5.74. The van der Waals surface area contributed by atoms with E-state index < -0.39 is 0 Å². The molecule has 0 aliphatic heterocycles. The van der Waals surface area contributed by atoms with E-state index in [4.69, 9.17) is 11.6 Å². The predicted octanol–water partition coefficient (Wildman–Crippen LogP) is 4.00. The Morgan fingerprint density at radius 2 is 2.25 bits per heavy atom. The molecule has 70 valence electrons. The van der Waals surface area contributed by atoms with E-state index in [0.29, 0.717) is 5.88 Å². The van der Waals surface area contributed by atoms with Gasteiger partial charge in [-0.1, -0.05) is 31.4 Å². The van der Waals surface area contributed by atoms with Crippen LogP contribution in [0.5, 0.6) is 0 Å². The molecule has 1 saturated carbocycles. The number of rotatable bonds is 2. The number of alkyl halides is 1. The smallest absolute Gasteiger partial charge is 0.0430 e. The fourth-order valence-electron chi connectivity index (χ4n) is 2.08. The Balaban J connectivity index is 2.41. The molecule has 1 heteroatoms. The molecule has 0 aromatic rings. The SMILES string of the molecule is C/C(=C/C1CCCC(C)C1)CCl. The second-order valence-electron chi connectivity index (χ2n) is 4.18. The molecule has 0 amide bonds. The van der Waals surface area contributed by atoms with Crippen LogP contribution in [0.15, 0.2) is 11.6 Å². The van der Waals surface area contributed by atoms with Crippen molar-refractivity contribution in [2.24, 2.45) is 11.8 Å². The van der Waals surface area contributed by atoms with E-state index in [1.165, 1.54) is 31.3 Å². The highest BCUT2D eigenvalue weighted by molar-refractivity contribution is 6.19. The van der Waals surface area contributed by atoms with Gasteiger partial charge in [-0.05, 0) is 31.6 Å². The molecule has 12 heavy (non-hydrogen) atoms. The van der Waals surface area contributed by atoms with Crippen LogP contribution in [-0.4, -0.2) is 5.88 Å². The molecule has 1 rings (SSSR count). The molecule has 0 saturated heterocycles. The summed E-state index contributed by atoms with van der Waals surface area (Å²) in [6, 6.07) is 0. The zero-order valence-electron chi connectivity index (χ0n) is 8.15. The summed E-state index contributed by atoms with van der Waals surface area (Å²) in [6.45, 7) is 4.49. The standard InChI is InChI=1S/C11H19Cl/c1-9-4-3-5-11(6-9)7-10(2)8-12/h7,9,11H,3-6,8H2,1-2H3/b10-7-. The first-order valence-corrected chi connectivity index (χ1v) is 5.49. The number of hydrogen-bond acceptors (Lipinski definition) is 0. The highest BCUT2D eigenvalue weighted by Crippen LogP contribution is 2.30. The second-order valence-corrected chi connectivity index (χ2v) is 4.45. The third-order valence-corrected chi connectivity index (χ3v) is 3.13. The van der Waals surface area contributed by atoms with Crippen LogP contribution < -0.4 is 0 Å². The first-order chi connectivity index (χ1) is 5.72. The lowest BCUT2D eigenvalue weighted by Gasteiger charge is -2.24. The van der Waals surface area contributed by atoms with E-state index in [2.05, 4.69) is 19.9 Å². The van der Waals surface area contributed by atoms with Gasteiger partial charge < -0.3 is 0 Å². The van der Waals surface area contributed by atoms with Gasteiger partial charge in [0.25, 0.3) is 0 Å². The number of hydrogen-bond donors (Lipinski definition) is 0. The molecule has 2 unspecified atom stereocenters. The molecule has 0 N–H and O–H groups in total. The Bertz CT molecular complexity index is 160. The molecule has 1 aliphatic rings. The van der Waals surface area contributed by atoms with Crippen molar-refractivity contribution >= 4 is 11.6 Å². The summed E-state index contributed by atoms with van der Waals surface area (Å²) in [5.74, 6) is 2.43. The molecule has 0 radical (unpaired) electrons. The van der Waals surface area contributed by atoms with Gasteiger partial charge in [-0.25, -0.2) is 0 Å². The lowest BCUT2D eigenvalue weighted by molar-refractivity contribution is 0.324. The van der Waals surface area contributed by atoms with Crippen molar-refractivity contribution in [2.45, 2.75) is 39.5 Å². The van der Waals surface area contributed by atoms with Crippen LogP contribution in [0.3, 0.4) is 0 Å². The summed E-state index contributed by atoms with van der Waals surface area (Å²) in [5.41, 5.74) is 1.34. The highest BCUT2D eigenvalue weighted by Gasteiger charge is 2.16. The summed E-state index contributed by atoms with van der Waals surface area (Å²) >= 11 is 5.74. The maximum absolute atomic E-state index is 5.74. The second kappa shape index (κ2) is 4.91. The van der Waals surface area contributed by atoms with E-state index in [-0.39, 0.29) is 0 Å². The van der Waals surface area contributed by atoms with Gasteiger partial charge in [-0.2, -0.15) is 0 Å². The van der Waals surface area contributed by atoms with Crippen LogP contribution >= 0.6 is 11.6 Å². The molecule has 2 atom stereocenters. The van der Waals surface area contributed by atoms with Crippen molar-refractivity contribution in [2.75, 3.05) is 5.88 Å². The van der Waals surface area contributed by atoms with Gasteiger partial charge in [0.1, 0.15) is 0 Å². The van der Waals surface area contributed by atoms with Gasteiger partial charge in [-0.3, -0.25) is 0 Å². The fourth-order valence-corrected chi connectivity index (χ4v) is 2.17. The minimum atomic E-state index is 0.699. The zero-order chi connectivity index (χ0) is 8.97. The minimum Gasteiger partial charge on any atom is -0.122 e. The molecule has 0 aromatic heterocycles. The van der Waals surface area contributed by atoms with Gasteiger partial charge in [0.15, 0.2) is 0 Å². The first kappa shape index (κ1) is 10.1. The van der Waals surface area contributed by atoms with Gasteiger partial charge in [0.2, 0.25) is 0 Å². The minimum absolute atomic E-state index is 0.699. The molecule has 0 bridgehead atoms. The van der Waals surface area contributed by atoms with Crippen LogP contribution in [0.1, 0.15) is 39.5 Å². The van der Waals surface area contributed by atoms with E-state index in [1.54, 1.807) is 0 Å². The summed E-state index contributed by atoms with van der Waals surface area (Å²) < 4.78 is 0. The van der Waals surface area contributed by atoms with Crippen molar-refractivity contribution in [3.63, 3.8) is 0 Å². The van der Waals surface area contributed by atoms with Crippen molar-refractivity contribution in [1.29, 1.82) is 0 Å². The van der Waals surface area contributed by atoms with E-state index in [9.17, 15) is 0 Å². The zero-order valence-corrected chi connectivity index (χ0v) is 8.90. The van der Waals surface area contributed by atoms with Crippen LogP contribution in [0, 0.1) is 11.8 Å². The molecule has 0 spiro atoms. The Morgan fingerprint density at radius 3 is 2.83 bits per heavy atom. The average Bonchev–Trinajstić information content (AvgIpc) is 2.04. The van der Waals surface area contributed by atoms with E-state index in [1.807, 2.05) is 0 Å². The highest BCUT2D eigenvalue weighted by atomic mass is 35.5. The maximum Gasteiger partial charge on any atom is 0.0430 e. The topological polar surface area (TPSA) is 0 Å². The third-order valence-electron chi connectivity index (χ3n) is 2.71. The van der Waals surface area contributed by atoms with Crippen LogP contribution in [0.2, 0.25) is 0 Å². The predicted molar refractivity (Wildman–Crippen MR) is 55.6 cm³/mol. The molecular weight excluding hydrogens is 168 g/mol. The van der Waals surface area contributed by atoms with Crippen molar-refractivity contribution in [1.82, 2.24) is 0 Å². The Morgan fingerprint density at radius 1 is 1.50 bits per heavy atom. The van der Waals surface area contributed by atoms with Gasteiger partial charge in [0.05, 0.1) is 0 Å². The number of allylic oxidation sites excluding steroid dienone is 2. The Kier molecular flexibility index (Phi) is 4.14. The van der Waals surface area contributed by atoms with Gasteiger partial charge in [0, 0.05) is 5.88 Å². The van der Waals surface area contributed by atoms with Crippen molar-refractivity contribution in [3.8, 4) is 0 Å². The van der Waals surface area contributed by atoms with E-state index in [0.717, 1.165) is 11.8 Å². The monoisotopic (exact) mass is 186 g/mol. The first-order valence-electron chi connectivity index (χ1n) is 4.95. The summed E-state index contributed by atoms with van der Waals surface area (Å²) in [4.78, 5) is 0. The van der Waals surface area contributed by atoms with E-state index >= 15 is 0 Å². The third kappa shape index (κ3) is 3.18. The lowest BCUT2D eigenvalue weighted by Crippen LogP contribution is -2.11. The Hall–Kier alpha value is 0.0300. The van der Waals surface area contributed by atoms with Crippen LogP contribution in [0.4, 0.5) is 0 Å². The molecule has 0 nitrogen and oxygen atoms in total. The Labute approximate surface area is 81.0 Å². The quantitative estimate of drug-likeness (QED) is 0.452. The fraction of sp³-hybridized carbons (Fsp3) is 0.818. The largest absolute Gasteiger partial charge is 0.122 e. The van der Waals surface area contributed by atoms with Gasteiger partial charge in [-0.15, -0.1) is 11.6 Å². The summed E-state index contributed by atoms with van der Waals surface area (Å²) in [5, 5.41) is 0. The van der Waals surface area contributed by atoms with Crippen molar-refractivity contribution < 1.29 is 0 Å². The normalized spacial score (nSPS) is 32.1. The van der Waals surface area contributed by atoms with Crippen LogP contribution in [-0.2, 0) is 0 Å². The van der Waals surface area contributed by atoms with Crippen molar-refractivity contribution in [3.05, 3.63) is 11.6 Å². The molecule has 1 aliphatic carbocycles. The molecule has 1 fully saturated rings. The van der Waals surface area contributed by atoms with Gasteiger partial charge >= 0.3 is 0 Å². The average molecular weight is 187 g/mol. The summed E-state index contributed by atoms with van der Waals surface area (Å²) in [6.07, 6.45) is 7.94. The summed E-state index contributed by atoms with van der Waals surface area (Å²) in [7, 11) is 0. The number of halogens is 1. The molecule has 0 heterocycles. The lowest BCUT2D eigenvalue weighted by atomic mass is 9.82. The van der Waals surface area contributed by atoms with Crippen LogP contribution in [0.25, 0.3) is 0 Å². The molecular formula is C11H19Cl.